The molecule has 0 saturated carbocycles. The summed E-state index contributed by atoms with van der Waals surface area (Å²) in [6.45, 7) is 15.6. The van der Waals surface area contributed by atoms with Crippen LogP contribution in [0, 0.1) is 26.9 Å². The second-order valence-corrected chi connectivity index (χ2v) is 4.54. The molecule has 0 amide bonds. The Morgan fingerprint density at radius 3 is 1.74 bits per heavy atom. The summed E-state index contributed by atoms with van der Waals surface area (Å²) in [6, 6.07) is 14.1. The summed E-state index contributed by atoms with van der Waals surface area (Å²) in [7, 11) is 4.94. The van der Waals surface area contributed by atoms with E-state index in [2.05, 4.69) is 39.0 Å². The number of methoxy groups -OCH3 is 3. The molecule has 2 rings (SSSR count). The molecule has 0 aliphatic heterocycles. The molecule has 0 unspecified atom stereocenters. The van der Waals surface area contributed by atoms with Gasteiger partial charge in [0.2, 0.25) is 0 Å². The molecule has 0 N–H and O–H groups in total. The van der Waals surface area contributed by atoms with Crippen LogP contribution >= 0.6 is 0 Å². The third kappa shape index (κ3) is 8.43. The Morgan fingerprint density at radius 2 is 1.30 bits per heavy atom. The zero-order valence-corrected chi connectivity index (χ0v) is 16.8. The van der Waals surface area contributed by atoms with Gasteiger partial charge in [-0.2, -0.15) is 0 Å². The zero-order valence-electron chi connectivity index (χ0n) is 15.5. The van der Waals surface area contributed by atoms with Crippen LogP contribution in [0.1, 0.15) is 17.4 Å². The van der Waals surface area contributed by atoms with E-state index in [1.807, 2.05) is 30.3 Å². The average Bonchev–Trinajstić information content (AvgIpc) is 2.74. The maximum absolute atomic E-state index is 7.50. The number of benzene rings is 2. The first kappa shape index (κ1) is 29.7. The molecular weight excluding hydrogens is 388 g/mol. The predicted octanol–water partition coefficient (Wildman–Crippen LogP) is 3.85. The summed E-state index contributed by atoms with van der Waals surface area (Å²) in [5, 5.41) is 0. The SMILES string of the molecule is COc1cccc(C(OC)OC)c1-c1ccccc1C.[C-]#[O+].[C-]#[O+].[C-]#[O+].[Cr]. The van der Waals surface area contributed by atoms with Gasteiger partial charge < -0.3 is 14.2 Å². The molecule has 0 fully saturated rings. The molecule has 2 aromatic carbocycles. The molecule has 0 radical (unpaired) electrons. The topological polar surface area (TPSA) is 87.4 Å². The van der Waals surface area contributed by atoms with E-state index in [0.717, 1.165) is 22.4 Å². The predicted molar refractivity (Wildman–Crippen MR) is 91.7 cm³/mol. The fraction of sp³-hybridized carbons (Fsp3) is 0.250. The molecular formula is C20H20CrO6. The number of hydrogen-bond acceptors (Lipinski definition) is 3. The van der Waals surface area contributed by atoms with Gasteiger partial charge in [-0.05, 0) is 24.1 Å². The van der Waals surface area contributed by atoms with Crippen molar-refractivity contribution in [2.24, 2.45) is 0 Å². The van der Waals surface area contributed by atoms with Crippen LogP contribution in [0.3, 0.4) is 0 Å². The maximum atomic E-state index is 7.50. The van der Waals surface area contributed by atoms with E-state index in [4.69, 9.17) is 28.2 Å². The van der Waals surface area contributed by atoms with Crippen molar-refractivity contribution in [1.29, 1.82) is 0 Å². The first-order valence-corrected chi connectivity index (χ1v) is 7.12. The Kier molecular flexibility index (Phi) is 20.5. The molecule has 0 spiro atoms. The molecule has 0 bridgehead atoms. The molecule has 0 atom stereocenters. The standard InChI is InChI=1S/C17H20O3.3CO.Cr/c1-12-8-5-6-9-13(12)16-14(17(19-3)20-4)10-7-11-15(16)18-2;3*1-2;/h5-11,17H,1-4H3;;;;. The number of aryl methyl sites for hydroxylation is 1. The summed E-state index contributed by atoms with van der Waals surface area (Å²) in [5.74, 6) is 0.816. The molecule has 7 heteroatoms. The second-order valence-electron chi connectivity index (χ2n) is 4.54. The van der Waals surface area contributed by atoms with E-state index in [0.29, 0.717) is 0 Å². The fourth-order valence-corrected chi connectivity index (χ4v) is 2.41. The van der Waals surface area contributed by atoms with E-state index < -0.39 is 6.29 Å². The van der Waals surface area contributed by atoms with Crippen LogP contribution < -0.4 is 4.74 Å². The molecule has 2 aromatic rings. The summed E-state index contributed by atoms with van der Waals surface area (Å²) in [6.07, 6.45) is -0.417. The molecule has 142 valence electrons. The average molecular weight is 408 g/mol. The molecule has 0 saturated heterocycles. The third-order valence-corrected chi connectivity index (χ3v) is 3.37. The largest absolute Gasteiger partial charge is 0 e. The van der Waals surface area contributed by atoms with Crippen molar-refractivity contribution in [3.8, 4) is 16.9 Å². The number of rotatable bonds is 5. The van der Waals surface area contributed by atoms with E-state index in [9.17, 15) is 0 Å². The van der Waals surface area contributed by atoms with E-state index >= 15 is 0 Å². The second kappa shape index (κ2) is 18.7. The van der Waals surface area contributed by atoms with Crippen molar-refractivity contribution >= 4 is 0 Å². The van der Waals surface area contributed by atoms with Crippen LogP contribution in [0.5, 0.6) is 5.75 Å². The van der Waals surface area contributed by atoms with Crippen molar-refractivity contribution in [3.05, 3.63) is 73.5 Å². The van der Waals surface area contributed by atoms with Gasteiger partial charge in [-0.25, -0.2) is 0 Å². The van der Waals surface area contributed by atoms with Gasteiger partial charge >= 0.3 is 33.9 Å². The minimum absolute atomic E-state index is 0. The monoisotopic (exact) mass is 408 g/mol. The van der Waals surface area contributed by atoms with Gasteiger partial charge in [0.25, 0.3) is 0 Å². The van der Waals surface area contributed by atoms with Crippen molar-refractivity contribution in [3.63, 3.8) is 0 Å². The Balaban J connectivity index is -0.000000749. The minimum atomic E-state index is -0.417. The van der Waals surface area contributed by atoms with Crippen LogP contribution in [0.4, 0.5) is 0 Å². The summed E-state index contributed by atoms with van der Waals surface area (Å²) in [4.78, 5) is 0. The van der Waals surface area contributed by atoms with Crippen molar-refractivity contribution < 1.29 is 45.5 Å². The Bertz CT molecular complexity index is 691. The first-order valence-electron chi connectivity index (χ1n) is 7.12. The van der Waals surface area contributed by atoms with Crippen molar-refractivity contribution in [2.45, 2.75) is 13.2 Å². The van der Waals surface area contributed by atoms with Gasteiger partial charge in [-0.3, -0.25) is 0 Å². The molecule has 0 aromatic heterocycles. The van der Waals surface area contributed by atoms with Gasteiger partial charge in [-0.15, -0.1) is 0 Å². The van der Waals surface area contributed by atoms with E-state index in [-0.39, 0.29) is 17.4 Å². The van der Waals surface area contributed by atoms with Crippen LogP contribution in [-0.2, 0) is 40.8 Å². The van der Waals surface area contributed by atoms with Gasteiger partial charge in [0.1, 0.15) is 5.75 Å². The summed E-state index contributed by atoms with van der Waals surface area (Å²) < 4.78 is 38.8. The van der Waals surface area contributed by atoms with Crippen molar-refractivity contribution in [2.75, 3.05) is 21.3 Å². The van der Waals surface area contributed by atoms with Crippen LogP contribution in [0.15, 0.2) is 42.5 Å². The van der Waals surface area contributed by atoms with Crippen molar-refractivity contribution in [1.82, 2.24) is 0 Å². The van der Waals surface area contributed by atoms with E-state index in [1.54, 1.807) is 21.3 Å². The molecule has 6 nitrogen and oxygen atoms in total. The van der Waals surface area contributed by atoms with Gasteiger partial charge in [0, 0.05) is 42.7 Å². The normalized spacial score (nSPS) is 8.26. The van der Waals surface area contributed by atoms with Gasteiger partial charge in [0.15, 0.2) is 6.29 Å². The first-order chi connectivity index (χ1) is 12.7. The zero-order chi connectivity index (χ0) is 20.5. The number of hydrogen-bond donors (Lipinski definition) is 0. The Labute approximate surface area is 170 Å². The molecule has 0 aliphatic rings. The smallest absolute Gasteiger partial charge is 0 e. The van der Waals surface area contributed by atoms with Crippen LogP contribution in [0.25, 0.3) is 11.1 Å². The number of ether oxygens (including phenoxy) is 3. The maximum Gasteiger partial charge on any atom is 0 e. The van der Waals surface area contributed by atoms with Gasteiger partial charge in [0.05, 0.1) is 7.11 Å². The molecule has 27 heavy (non-hydrogen) atoms. The Hall–Kier alpha value is -2.09. The van der Waals surface area contributed by atoms with Crippen LogP contribution in [0.2, 0.25) is 0 Å². The van der Waals surface area contributed by atoms with Crippen LogP contribution in [-0.4, -0.2) is 21.3 Å². The summed E-state index contributed by atoms with van der Waals surface area (Å²) in [5.41, 5.74) is 4.29. The van der Waals surface area contributed by atoms with E-state index in [1.165, 1.54) is 5.56 Å². The molecule has 0 aliphatic carbocycles. The molecule has 0 heterocycles. The third-order valence-electron chi connectivity index (χ3n) is 3.37. The van der Waals surface area contributed by atoms with Gasteiger partial charge in [-0.1, -0.05) is 36.4 Å². The quantitative estimate of drug-likeness (QED) is 0.428. The Morgan fingerprint density at radius 1 is 0.778 bits per heavy atom. The summed E-state index contributed by atoms with van der Waals surface area (Å²) >= 11 is 0. The fourth-order valence-electron chi connectivity index (χ4n) is 2.41. The minimum Gasteiger partial charge on any atom is 0 e.